The molecule has 0 unspecified atom stereocenters. The largest absolute Gasteiger partial charge is 0.364 e. The molecule has 1 saturated carbocycles. The smallest absolute Gasteiger partial charge is 0.269 e. The van der Waals surface area contributed by atoms with Crippen LogP contribution in [0.4, 0.5) is 17.2 Å². The minimum Gasteiger partial charge on any atom is -0.364 e. The van der Waals surface area contributed by atoms with Gasteiger partial charge in [0.05, 0.1) is 17.4 Å². The molecule has 0 bridgehead atoms. The van der Waals surface area contributed by atoms with Gasteiger partial charge < -0.3 is 27.0 Å². The molecule has 4 aromatic rings. The van der Waals surface area contributed by atoms with Gasteiger partial charge in [0.15, 0.2) is 5.69 Å². The van der Waals surface area contributed by atoms with E-state index < -0.39 is 11.9 Å². The van der Waals surface area contributed by atoms with Crippen LogP contribution < -0.4 is 22.1 Å². The molecule has 3 atom stereocenters. The molecule has 0 radical (unpaired) electrons. The Balaban J connectivity index is 1.27. The van der Waals surface area contributed by atoms with E-state index in [9.17, 15) is 14.4 Å². The van der Waals surface area contributed by atoms with Crippen LogP contribution >= 0.6 is 15.9 Å². The highest BCUT2D eigenvalue weighted by Gasteiger charge is 2.66. The first-order chi connectivity index (χ1) is 19.7. The number of aryl methyl sites for hydroxylation is 1. The van der Waals surface area contributed by atoms with Crippen LogP contribution in [0.2, 0.25) is 0 Å². The molecule has 210 valence electrons. The van der Waals surface area contributed by atoms with Crippen LogP contribution in [0.25, 0.3) is 10.9 Å². The van der Waals surface area contributed by atoms with E-state index in [1.54, 1.807) is 41.6 Å². The zero-order valence-electron chi connectivity index (χ0n) is 22.2. The Morgan fingerprint density at radius 1 is 1.15 bits per heavy atom. The number of aromatic nitrogens is 4. The van der Waals surface area contributed by atoms with E-state index in [1.807, 2.05) is 25.1 Å². The Labute approximate surface area is 243 Å². The van der Waals surface area contributed by atoms with E-state index in [0.717, 1.165) is 17.7 Å². The number of carbonyl (C=O) groups excluding carboxylic acids is 3. The number of rotatable bonds is 8. The van der Waals surface area contributed by atoms with Crippen molar-refractivity contribution >= 4 is 61.7 Å². The van der Waals surface area contributed by atoms with Crippen LogP contribution in [-0.4, -0.2) is 61.0 Å². The highest BCUT2D eigenvalue weighted by atomic mass is 79.9. The quantitative estimate of drug-likeness (QED) is 0.218. The number of carbonyl (C=O) groups is 3. The highest BCUT2D eigenvalue weighted by Crippen LogP contribution is 2.59. The first kappa shape index (κ1) is 26.8. The number of hydrogen-bond donors (Lipinski definition) is 4. The topological polar surface area (TPSA) is 174 Å². The Bertz CT molecular complexity index is 1690. The molecule has 6 rings (SSSR count). The van der Waals surface area contributed by atoms with Crippen molar-refractivity contribution in [3.8, 4) is 0 Å². The van der Waals surface area contributed by atoms with E-state index in [-0.39, 0.29) is 35.5 Å². The van der Waals surface area contributed by atoms with Crippen molar-refractivity contribution in [2.75, 3.05) is 17.2 Å². The van der Waals surface area contributed by atoms with Gasteiger partial charge in [0, 0.05) is 35.3 Å². The van der Waals surface area contributed by atoms with Gasteiger partial charge in [-0.3, -0.25) is 24.0 Å². The van der Waals surface area contributed by atoms with Gasteiger partial charge in [-0.25, -0.2) is 4.98 Å². The summed E-state index contributed by atoms with van der Waals surface area (Å²) in [6.07, 6.45) is 4.56. The van der Waals surface area contributed by atoms with E-state index in [4.69, 9.17) is 11.5 Å². The number of amides is 3. The fourth-order valence-electron chi connectivity index (χ4n) is 5.71. The number of piperidine rings is 1. The van der Waals surface area contributed by atoms with Crippen molar-refractivity contribution in [3.63, 3.8) is 0 Å². The molecule has 3 aromatic heterocycles. The van der Waals surface area contributed by atoms with Crippen LogP contribution in [-0.2, 0) is 16.1 Å². The van der Waals surface area contributed by atoms with E-state index in [0.29, 0.717) is 40.0 Å². The number of likely N-dealkylation sites (tertiary alicyclic amines) is 1. The van der Waals surface area contributed by atoms with Crippen LogP contribution in [0.3, 0.4) is 0 Å². The van der Waals surface area contributed by atoms with Gasteiger partial charge in [-0.05, 0) is 77.7 Å². The second kappa shape index (κ2) is 10.2. The molecule has 1 aromatic carbocycles. The lowest BCUT2D eigenvalue weighted by molar-refractivity contribution is -0.138. The molecule has 1 aliphatic carbocycles. The summed E-state index contributed by atoms with van der Waals surface area (Å²) in [7, 11) is 0. The maximum Gasteiger partial charge on any atom is 0.269 e. The molecule has 1 aliphatic heterocycles. The van der Waals surface area contributed by atoms with Crippen molar-refractivity contribution in [1.82, 2.24) is 24.6 Å². The summed E-state index contributed by atoms with van der Waals surface area (Å²) in [4.78, 5) is 49.7. The van der Waals surface area contributed by atoms with Crippen LogP contribution in [0, 0.1) is 12.3 Å². The number of anilines is 3. The first-order valence-electron chi connectivity index (χ1n) is 13.1. The molecule has 4 heterocycles. The molecular formula is C28H28BrN9O3. The summed E-state index contributed by atoms with van der Waals surface area (Å²) in [5.74, 6) is -0.889. The lowest BCUT2D eigenvalue weighted by Crippen LogP contribution is -2.47. The third-order valence-electron chi connectivity index (χ3n) is 7.94. The molecule has 13 heteroatoms. The van der Waals surface area contributed by atoms with Crippen LogP contribution in [0.1, 0.15) is 28.9 Å². The van der Waals surface area contributed by atoms with Gasteiger partial charge in [-0.15, -0.1) is 0 Å². The summed E-state index contributed by atoms with van der Waals surface area (Å²) < 4.78 is 2.06. The molecular weight excluding hydrogens is 590 g/mol. The number of nitrogens with two attached hydrogens (primary N) is 2. The summed E-state index contributed by atoms with van der Waals surface area (Å²) in [6, 6.07) is 11.8. The molecule has 0 spiro atoms. The maximum atomic E-state index is 13.8. The molecule has 2 aliphatic rings. The normalized spacial score (nSPS) is 21.0. The predicted molar refractivity (Wildman–Crippen MR) is 156 cm³/mol. The van der Waals surface area contributed by atoms with Crippen molar-refractivity contribution in [2.24, 2.45) is 16.9 Å². The third kappa shape index (κ3) is 4.91. The van der Waals surface area contributed by atoms with Gasteiger partial charge in [0.2, 0.25) is 11.8 Å². The molecule has 41 heavy (non-hydrogen) atoms. The fourth-order valence-corrected chi connectivity index (χ4v) is 6.02. The second-order valence-electron chi connectivity index (χ2n) is 10.6. The Morgan fingerprint density at radius 2 is 1.98 bits per heavy atom. The monoisotopic (exact) mass is 617 g/mol. The van der Waals surface area contributed by atoms with Gasteiger partial charge >= 0.3 is 0 Å². The second-order valence-corrected chi connectivity index (χ2v) is 11.4. The average Bonchev–Trinajstić information content (AvgIpc) is 3.39. The molecule has 2 fully saturated rings. The molecule has 3 amide bonds. The molecule has 1 saturated heterocycles. The fraction of sp³-hybridized carbons (Fsp3) is 0.286. The number of halogens is 1. The van der Waals surface area contributed by atoms with Crippen molar-refractivity contribution in [2.45, 2.75) is 38.4 Å². The number of fused-ring (bicyclic) bond motifs is 2. The van der Waals surface area contributed by atoms with Crippen molar-refractivity contribution in [3.05, 3.63) is 70.7 Å². The van der Waals surface area contributed by atoms with Crippen LogP contribution in [0.5, 0.6) is 0 Å². The summed E-state index contributed by atoms with van der Waals surface area (Å²) in [5.41, 5.74) is 14.4. The predicted octanol–water partition coefficient (Wildman–Crippen LogP) is 2.70. The Kier molecular flexibility index (Phi) is 6.70. The van der Waals surface area contributed by atoms with Gasteiger partial charge in [0.1, 0.15) is 23.0 Å². The van der Waals surface area contributed by atoms with Gasteiger partial charge in [-0.1, -0.05) is 6.07 Å². The minimum absolute atomic E-state index is 0.0530. The number of hydrogen-bond acceptors (Lipinski definition) is 8. The van der Waals surface area contributed by atoms with E-state index in [1.165, 1.54) is 4.68 Å². The number of pyridine rings is 2. The summed E-state index contributed by atoms with van der Waals surface area (Å²) in [5, 5.41) is 11.0. The number of nitrogens with one attached hydrogen (secondary N) is 2. The maximum absolute atomic E-state index is 13.8. The molecule has 6 N–H and O–H groups in total. The first-order valence-corrected chi connectivity index (χ1v) is 13.9. The zero-order valence-corrected chi connectivity index (χ0v) is 23.8. The van der Waals surface area contributed by atoms with Gasteiger partial charge in [-0.2, -0.15) is 5.10 Å². The molecule has 12 nitrogen and oxygen atoms in total. The number of benzene rings is 1. The summed E-state index contributed by atoms with van der Waals surface area (Å²) in [6.45, 7) is 2.05. The lowest BCUT2D eigenvalue weighted by atomic mass is 9.99. The zero-order chi connectivity index (χ0) is 28.9. The Morgan fingerprint density at radius 3 is 2.71 bits per heavy atom. The van der Waals surface area contributed by atoms with Crippen molar-refractivity contribution in [1.29, 1.82) is 0 Å². The number of nitrogens with zero attached hydrogens (tertiary/aromatic N) is 5. The van der Waals surface area contributed by atoms with Gasteiger partial charge in [0.25, 0.3) is 5.91 Å². The van der Waals surface area contributed by atoms with Crippen molar-refractivity contribution < 1.29 is 14.4 Å². The van der Waals surface area contributed by atoms with Crippen LogP contribution in [0.15, 0.2) is 59.5 Å². The SMILES string of the molecule is Cc1ccc(Br)nc1NC(=O)[C@@H]1C[C@@]2(CN)C[C@H]2N1C(=O)Cn1nc(C(N)=O)c2cc(Nc3cccnc3)ccc21. The third-order valence-corrected chi connectivity index (χ3v) is 8.38. The summed E-state index contributed by atoms with van der Waals surface area (Å²) >= 11 is 3.34. The number of primary amides is 1. The average molecular weight is 618 g/mol. The highest BCUT2D eigenvalue weighted by molar-refractivity contribution is 9.10. The lowest BCUT2D eigenvalue weighted by Gasteiger charge is -2.27. The van der Waals surface area contributed by atoms with E-state index >= 15 is 0 Å². The Hall–Kier alpha value is -4.36. The van der Waals surface area contributed by atoms with E-state index in [2.05, 4.69) is 41.6 Å². The standard InChI is InChI=1S/C28H28BrN9O3/c1-15-4-7-22(29)34-26(15)35-27(41)20-10-28(14-30)11-21(28)38(20)23(39)13-37-19-6-5-16(33-17-3-2-8-32-12-17)9-18(19)24(36-37)25(31)40/h2-9,12,20-21,33H,10-11,13-14,30H2,1H3,(H2,31,40)(H,34,35,41)/t20-,21+,28-/m0/s1. The minimum atomic E-state index is -0.710.